The maximum atomic E-state index is 12.9. The van der Waals surface area contributed by atoms with Crippen molar-refractivity contribution in [2.75, 3.05) is 31.6 Å². The van der Waals surface area contributed by atoms with E-state index in [1.165, 1.54) is 12.8 Å². The minimum atomic E-state index is -0.282. The number of anilines is 2. The van der Waals surface area contributed by atoms with Crippen LogP contribution in [-0.2, 0) is 0 Å². The number of nitriles is 1. The molecule has 3 aromatic rings. The van der Waals surface area contributed by atoms with E-state index >= 15 is 0 Å². The first-order valence-electron chi connectivity index (χ1n) is 11.6. The molecular weight excluding hydrogens is 418 g/mol. The van der Waals surface area contributed by atoms with Gasteiger partial charge in [-0.25, -0.2) is 9.97 Å². The highest BCUT2D eigenvalue weighted by Crippen LogP contribution is 2.30. The van der Waals surface area contributed by atoms with Crippen molar-refractivity contribution < 1.29 is 4.74 Å². The van der Waals surface area contributed by atoms with Gasteiger partial charge in [0.25, 0.3) is 5.56 Å². The van der Waals surface area contributed by atoms with E-state index < -0.39 is 0 Å². The van der Waals surface area contributed by atoms with Crippen LogP contribution in [0.1, 0.15) is 50.1 Å². The van der Waals surface area contributed by atoms with Crippen LogP contribution in [0.25, 0.3) is 11.0 Å². The molecule has 1 N–H and O–H groups in total. The van der Waals surface area contributed by atoms with E-state index in [1.54, 1.807) is 23.0 Å². The highest BCUT2D eigenvalue weighted by atomic mass is 16.5. The molecule has 33 heavy (non-hydrogen) atoms. The minimum absolute atomic E-state index is 0.0613. The average Bonchev–Trinajstić information content (AvgIpc) is 3.55. The maximum Gasteiger partial charge on any atom is 0.270 e. The second-order valence-corrected chi connectivity index (χ2v) is 8.66. The van der Waals surface area contributed by atoms with Crippen LogP contribution < -0.4 is 15.6 Å². The third-order valence-corrected chi connectivity index (χ3v) is 6.43. The summed E-state index contributed by atoms with van der Waals surface area (Å²) in [5, 5.41) is 13.2. The number of rotatable bonds is 7. The molecule has 170 valence electrons. The van der Waals surface area contributed by atoms with E-state index in [9.17, 15) is 10.1 Å². The summed E-state index contributed by atoms with van der Waals surface area (Å²) in [7, 11) is 0. The summed E-state index contributed by atoms with van der Waals surface area (Å²) >= 11 is 0. The van der Waals surface area contributed by atoms with Crippen molar-refractivity contribution in [1.82, 2.24) is 24.4 Å². The zero-order valence-electron chi connectivity index (χ0n) is 18.5. The molecular formula is C24H27N7O2. The quantitative estimate of drug-likeness (QED) is 0.589. The van der Waals surface area contributed by atoms with Crippen LogP contribution in [0.15, 0.2) is 35.4 Å². The van der Waals surface area contributed by atoms with E-state index in [1.807, 2.05) is 18.2 Å². The van der Waals surface area contributed by atoms with Crippen molar-refractivity contribution in [1.29, 1.82) is 5.26 Å². The number of hydrogen-bond acceptors (Lipinski definition) is 8. The number of likely N-dealkylation sites (tertiary alicyclic amines) is 1. The van der Waals surface area contributed by atoms with Gasteiger partial charge in [-0.2, -0.15) is 10.2 Å². The molecule has 0 unspecified atom stereocenters. The first-order chi connectivity index (χ1) is 16.2. The molecule has 9 heteroatoms. The van der Waals surface area contributed by atoms with Crippen LogP contribution in [0.2, 0.25) is 0 Å². The van der Waals surface area contributed by atoms with Crippen LogP contribution >= 0.6 is 0 Å². The monoisotopic (exact) mass is 445 g/mol. The number of aromatic nitrogens is 4. The van der Waals surface area contributed by atoms with Crippen molar-refractivity contribution in [3.8, 4) is 11.8 Å². The Morgan fingerprint density at radius 3 is 2.67 bits per heavy atom. The fraction of sp³-hybridized carbons (Fsp3) is 0.458. The molecule has 1 aliphatic heterocycles. The highest BCUT2D eigenvalue weighted by molar-refractivity contribution is 5.77. The summed E-state index contributed by atoms with van der Waals surface area (Å²) in [5.74, 6) is 1.66. The molecule has 0 aromatic carbocycles. The largest absolute Gasteiger partial charge is 0.491 e. The topological polar surface area (TPSA) is 109 Å². The molecule has 0 amide bonds. The Labute approximate surface area is 192 Å². The van der Waals surface area contributed by atoms with Crippen molar-refractivity contribution >= 4 is 22.8 Å². The van der Waals surface area contributed by atoms with E-state index in [-0.39, 0.29) is 17.2 Å². The Morgan fingerprint density at radius 1 is 1.12 bits per heavy atom. The predicted octanol–water partition coefficient (Wildman–Crippen LogP) is 3.39. The van der Waals surface area contributed by atoms with Gasteiger partial charge in [0.05, 0.1) is 6.20 Å². The van der Waals surface area contributed by atoms with E-state index in [4.69, 9.17) is 4.74 Å². The van der Waals surface area contributed by atoms with Gasteiger partial charge in [-0.3, -0.25) is 14.3 Å². The Kier molecular flexibility index (Phi) is 6.17. The van der Waals surface area contributed by atoms with Crippen LogP contribution in [0.5, 0.6) is 5.75 Å². The number of ether oxygens (including phenoxy) is 1. The smallest absolute Gasteiger partial charge is 0.270 e. The second-order valence-electron chi connectivity index (χ2n) is 8.66. The summed E-state index contributed by atoms with van der Waals surface area (Å²) in [4.78, 5) is 28.7. The molecule has 2 fully saturated rings. The van der Waals surface area contributed by atoms with Crippen LogP contribution in [0.3, 0.4) is 0 Å². The van der Waals surface area contributed by atoms with Gasteiger partial charge >= 0.3 is 0 Å². The molecule has 3 aromatic heterocycles. The van der Waals surface area contributed by atoms with Gasteiger partial charge < -0.3 is 10.1 Å². The SMILES string of the molecule is N#Cc1cc2cnc(Nc3ccc(OCCN4CCCC4)cn3)nc2n(C2CCCC2)c1=O. The van der Waals surface area contributed by atoms with E-state index in [2.05, 4.69) is 25.2 Å². The van der Waals surface area contributed by atoms with Gasteiger partial charge in [-0.1, -0.05) is 12.8 Å². The molecule has 1 saturated carbocycles. The zero-order chi connectivity index (χ0) is 22.6. The number of pyridine rings is 2. The normalized spacial score (nSPS) is 16.8. The maximum absolute atomic E-state index is 12.9. The van der Waals surface area contributed by atoms with Crippen LogP contribution in [0.4, 0.5) is 11.8 Å². The van der Waals surface area contributed by atoms with Crippen molar-refractivity contribution in [3.63, 3.8) is 0 Å². The van der Waals surface area contributed by atoms with E-state index in [0.717, 1.165) is 51.1 Å². The summed E-state index contributed by atoms with van der Waals surface area (Å²) in [6.45, 7) is 3.89. The lowest BCUT2D eigenvalue weighted by Gasteiger charge is -2.17. The molecule has 0 spiro atoms. The molecule has 1 saturated heterocycles. The number of nitrogens with one attached hydrogen (secondary N) is 1. The Balaban J connectivity index is 1.33. The molecule has 0 bridgehead atoms. The lowest BCUT2D eigenvalue weighted by atomic mass is 10.2. The standard InChI is InChI=1S/C24H27N7O2/c25-14-17-13-18-15-27-24(29-22(18)31(23(17)32)19-5-1-2-6-19)28-21-8-7-20(16-26-21)33-12-11-30-9-3-4-10-30/h7-8,13,15-16,19H,1-6,9-12H2,(H,26,27,28,29). The minimum Gasteiger partial charge on any atom is -0.491 e. The predicted molar refractivity (Wildman–Crippen MR) is 125 cm³/mol. The number of hydrogen-bond donors (Lipinski definition) is 1. The molecule has 4 heterocycles. The van der Waals surface area contributed by atoms with Gasteiger partial charge in [0.2, 0.25) is 5.95 Å². The molecule has 5 rings (SSSR count). The molecule has 0 radical (unpaired) electrons. The fourth-order valence-electron chi connectivity index (χ4n) is 4.71. The van der Waals surface area contributed by atoms with Crippen molar-refractivity contribution in [3.05, 3.63) is 46.5 Å². The number of fused-ring (bicyclic) bond motifs is 1. The fourth-order valence-corrected chi connectivity index (χ4v) is 4.71. The van der Waals surface area contributed by atoms with E-state index in [0.29, 0.717) is 29.4 Å². The van der Waals surface area contributed by atoms with Crippen molar-refractivity contribution in [2.24, 2.45) is 0 Å². The molecule has 9 nitrogen and oxygen atoms in total. The molecule has 0 atom stereocenters. The highest BCUT2D eigenvalue weighted by Gasteiger charge is 2.22. The van der Waals surface area contributed by atoms with Gasteiger partial charge in [0, 0.05) is 24.2 Å². The van der Waals surface area contributed by atoms with Crippen LogP contribution in [-0.4, -0.2) is 50.7 Å². The Hall–Kier alpha value is -3.51. The zero-order valence-corrected chi connectivity index (χ0v) is 18.5. The van der Waals surface area contributed by atoms with Gasteiger partial charge in [-0.15, -0.1) is 0 Å². The molecule has 1 aliphatic carbocycles. The first-order valence-corrected chi connectivity index (χ1v) is 11.6. The summed E-state index contributed by atoms with van der Waals surface area (Å²) < 4.78 is 7.49. The second kappa shape index (κ2) is 9.55. The Bertz CT molecular complexity index is 1220. The lowest BCUT2D eigenvalue weighted by molar-refractivity contribution is 0.237. The number of nitrogens with zero attached hydrogens (tertiary/aromatic N) is 6. The summed E-state index contributed by atoms with van der Waals surface area (Å²) in [6, 6.07) is 7.33. The third-order valence-electron chi connectivity index (χ3n) is 6.43. The van der Waals surface area contributed by atoms with Gasteiger partial charge in [0.15, 0.2) is 0 Å². The Morgan fingerprint density at radius 2 is 1.94 bits per heavy atom. The average molecular weight is 446 g/mol. The summed E-state index contributed by atoms with van der Waals surface area (Å²) in [6.07, 6.45) is 9.84. The van der Waals surface area contributed by atoms with Crippen molar-refractivity contribution in [2.45, 2.75) is 44.6 Å². The first kappa shape index (κ1) is 21.3. The lowest BCUT2D eigenvalue weighted by Crippen LogP contribution is -2.26. The molecule has 2 aliphatic rings. The van der Waals surface area contributed by atoms with Gasteiger partial charge in [0.1, 0.15) is 35.5 Å². The summed E-state index contributed by atoms with van der Waals surface area (Å²) in [5.41, 5.74) is 0.390. The van der Waals surface area contributed by atoms with Crippen LogP contribution in [0, 0.1) is 11.3 Å². The van der Waals surface area contributed by atoms with Gasteiger partial charge in [-0.05, 0) is 57.0 Å². The third kappa shape index (κ3) is 4.66.